The van der Waals surface area contributed by atoms with Crippen molar-refractivity contribution in [1.82, 2.24) is 10.2 Å². The SMILES string of the molecule is CCOc1ccccc1N(CC(=O)N(Cc1cccc(C)c1)[C@@H](CC)C(=O)N[C@@H](C)CC)S(=O)(=O)c1ccc(Cl)cc1. The van der Waals surface area contributed by atoms with Gasteiger partial charge in [-0.25, -0.2) is 8.42 Å². The summed E-state index contributed by atoms with van der Waals surface area (Å²) in [6.07, 6.45) is 1.08. The molecule has 3 aromatic rings. The second-order valence-electron chi connectivity index (χ2n) is 10.1. The van der Waals surface area contributed by atoms with Crippen LogP contribution in [0.25, 0.3) is 0 Å². The van der Waals surface area contributed by atoms with E-state index < -0.39 is 28.5 Å². The van der Waals surface area contributed by atoms with Crippen LogP contribution in [0.4, 0.5) is 5.69 Å². The third-order valence-electron chi connectivity index (χ3n) is 6.94. The van der Waals surface area contributed by atoms with Crippen molar-refractivity contribution in [3.63, 3.8) is 0 Å². The maximum absolute atomic E-state index is 14.3. The number of nitrogens with one attached hydrogen (secondary N) is 1. The number of carbonyl (C=O) groups excluding carboxylic acids is 2. The Bertz CT molecular complexity index is 1460. The first-order valence-electron chi connectivity index (χ1n) is 14.2. The summed E-state index contributed by atoms with van der Waals surface area (Å²) in [7, 11) is -4.25. The summed E-state index contributed by atoms with van der Waals surface area (Å²) >= 11 is 6.04. The van der Waals surface area contributed by atoms with E-state index in [1.54, 1.807) is 31.2 Å². The van der Waals surface area contributed by atoms with Gasteiger partial charge in [-0.05, 0) is 75.6 Å². The molecular weight excluding hydrogens is 574 g/mol. The fraction of sp³-hybridized carbons (Fsp3) is 0.375. The third kappa shape index (κ3) is 8.26. The first-order valence-corrected chi connectivity index (χ1v) is 16.0. The Labute approximate surface area is 254 Å². The van der Waals surface area contributed by atoms with Crippen LogP contribution in [0.5, 0.6) is 5.75 Å². The minimum absolute atomic E-state index is 0.0298. The molecule has 1 N–H and O–H groups in total. The number of rotatable bonds is 14. The fourth-order valence-electron chi connectivity index (χ4n) is 4.56. The van der Waals surface area contributed by atoms with Gasteiger partial charge in [0, 0.05) is 17.6 Å². The Kier molecular flexibility index (Phi) is 11.8. The molecule has 3 aromatic carbocycles. The van der Waals surface area contributed by atoms with Crippen LogP contribution in [-0.2, 0) is 26.2 Å². The molecule has 0 spiro atoms. The molecule has 42 heavy (non-hydrogen) atoms. The highest BCUT2D eigenvalue weighted by Gasteiger charge is 2.35. The molecule has 0 fully saturated rings. The number of benzene rings is 3. The first-order chi connectivity index (χ1) is 20.0. The number of halogens is 1. The summed E-state index contributed by atoms with van der Waals surface area (Å²) in [6, 6.07) is 19.2. The second-order valence-corrected chi connectivity index (χ2v) is 12.4. The van der Waals surface area contributed by atoms with E-state index in [1.165, 1.54) is 29.2 Å². The molecular formula is C32H40ClN3O5S. The van der Waals surface area contributed by atoms with E-state index in [4.69, 9.17) is 16.3 Å². The van der Waals surface area contributed by atoms with Gasteiger partial charge in [-0.15, -0.1) is 0 Å². The molecule has 3 rings (SSSR count). The molecule has 0 bridgehead atoms. The average molecular weight is 614 g/mol. The Balaban J connectivity index is 2.11. The summed E-state index contributed by atoms with van der Waals surface area (Å²) in [5.74, 6) is -0.488. The lowest BCUT2D eigenvalue weighted by Crippen LogP contribution is -2.53. The van der Waals surface area contributed by atoms with E-state index in [9.17, 15) is 18.0 Å². The van der Waals surface area contributed by atoms with Gasteiger partial charge in [-0.3, -0.25) is 13.9 Å². The van der Waals surface area contributed by atoms with Gasteiger partial charge in [0.2, 0.25) is 11.8 Å². The van der Waals surface area contributed by atoms with E-state index in [0.29, 0.717) is 23.8 Å². The van der Waals surface area contributed by atoms with Crippen LogP contribution in [0, 0.1) is 6.92 Å². The first kappa shape index (κ1) is 32.9. The van der Waals surface area contributed by atoms with Crippen LogP contribution < -0.4 is 14.4 Å². The van der Waals surface area contributed by atoms with E-state index in [1.807, 2.05) is 52.0 Å². The summed E-state index contributed by atoms with van der Waals surface area (Å²) < 4.78 is 35.0. The number of amides is 2. The van der Waals surface area contributed by atoms with Gasteiger partial charge in [0.05, 0.1) is 17.2 Å². The summed E-state index contributed by atoms with van der Waals surface area (Å²) in [6.45, 7) is 9.35. The minimum Gasteiger partial charge on any atom is -0.492 e. The number of aryl methyl sites for hydroxylation is 1. The molecule has 0 saturated carbocycles. The van der Waals surface area contributed by atoms with Crippen LogP contribution in [0.15, 0.2) is 77.7 Å². The molecule has 0 aliphatic heterocycles. The Morgan fingerprint density at radius 2 is 1.64 bits per heavy atom. The summed E-state index contributed by atoms with van der Waals surface area (Å²) in [4.78, 5) is 29.1. The topological polar surface area (TPSA) is 96.0 Å². The van der Waals surface area contributed by atoms with Crippen molar-refractivity contribution in [3.05, 3.63) is 88.9 Å². The van der Waals surface area contributed by atoms with Crippen molar-refractivity contribution in [2.75, 3.05) is 17.5 Å². The standard InChI is InChI=1S/C32H40ClN3O5S/c1-6-24(5)34-32(38)28(7-2)35(21-25-13-11-12-23(4)20-25)31(37)22-36(29-14-9-10-15-30(29)41-8-3)42(39,40)27-18-16-26(33)17-19-27/h9-20,24,28H,6-8,21-22H2,1-5H3,(H,34,38)/t24-,28-/m0/s1. The lowest BCUT2D eigenvalue weighted by Gasteiger charge is -2.34. The predicted molar refractivity (Wildman–Crippen MR) is 167 cm³/mol. The Hall–Kier alpha value is -3.56. The van der Waals surface area contributed by atoms with Crippen LogP contribution in [0.3, 0.4) is 0 Å². The van der Waals surface area contributed by atoms with Gasteiger partial charge in [-0.2, -0.15) is 0 Å². The van der Waals surface area contributed by atoms with Crippen LogP contribution in [0.1, 0.15) is 51.7 Å². The van der Waals surface area contributed by atoms with E-state index in [-0.39, 0.29) is 29.1 Å². The average Bonchev–Trinajstić information content (AvgIpc) is 2.96. The fourth-order valence-corrected chi connectivity index (χ4v) is 6.11. The van der Waals surface area contributed by atoms with Gasteiger partial charge in [0.1, 0.15) is 18.3 Å². The third-order valence-corrected chi connectivity index (χ3v) is 8.96. The number of hydrogen-bond acceptors (Lipinski definition) is 5. The van der Waals surface area contributed by atoms with E-state index in [2.05, 4.69) is 5.32 Å². The molecule has 0 heterocycles. The zero-order valence-electron chi connectivity index (χ0n) is 24.8. The minimum atomic E-state index is -4.25. The van der Waals surface area contributed by atoms with Gasteiger partial charge in [-0.1, -0.05) is 67.4 Å². The lowest BCUT2D eigenvalue weighted by atomic mass is 10.1. The Morgan fingerprint density at radius 3 is 2.26 bits per heavy atom. The molecule has 0 saturated heterocycles. The highest BCUT2D eigenvalue weighted by Crippen LogP contribution is 2.33. The van der Waals surface area contributed by atoms with Crippen molar-refractivity contribution in [1.29, 1.82) is 0 Å². The number of anilines is 1. The van der Waals surface area contributed by atoms with Crippen molar-refractivity contribution >= 4 is 39.1 Å². The zero-order chi connectivity index (χ0) is 30.9. The number of hydrogen-bond donors (Lipinski definition) is 1. The monoisotopic (exact) mass is 613 g/mol. The predicted octanol–water partition coefficient (Wildman–Crippen LogP) is 5.96. The second kappa shape index (κ2) is 15.1. The smallest absolute Gasteiger partial charge is 0.264 e. The molecule has 0 aromatic heterocycles. The summed E-state index contributed by atoms with van der Waals surface area (Å²) in [5, 5.41) is 3.37. The molecule has 2 atom stereocenters. The van der Waals surface area contributed by atoms with Crippen LogP contribution in [-0.4, -0.2) is 50.4 Å². The highest BCUT2D eigenvalue weighted by atomic mass is 35.5. The molecule has 226 valence electrons. The molecule has 0 aliphatic rings. The van der Waals surface area contributed by atoms with E-state index >= 15 is 0 Å². The molecule has 2 amide bonds. The number of sulfonamides is 1. The molecule has 10 heteroatoms. The van der Waals surface area contributed by atoms with Crippen molar-refractivity contribution in [3.8, 4) is 5.75 Å². The van der Waals surface area contributed by atoms with Crippen molar-refractivity contribution in [2.45, 2.75) is 71.0 Å². The molecule has 8 nitrogen and oxygen atoms in total. The molecule has 0 aliphatic carbocycles. The number of carbonyl (C=O) groups is 2. The number of para-hydroxylation sites is 2. The van der Waals surface area contributed by atoms with Crippen molar-refractivity contribution < 1.29 is 22.7 Å². The normalized spacial score (nSPS) is 12.7. The Morgan fingerprint density at radius 1 is 0.952 bits per heavy atom. The highest BCUT2D eigenvalue weighted by molar-refractivity contribution is 7.92. The lowest BCUT2D eigenvalue weighted by molar-refractivity contribution is -0.140. The van der Waals surface area contributed by atoms with Gasteiger partial charge < -0.3 is 15.0 Å². The number of ether oxygens (including phenoxy) is 1. The van der Waals surface area contributed by atoms with Crippen LogP contribution >= 0.6 is 11.6 Å². The molecule has 0 unspecified atom stereocenters. The maximum Gasteiger partial charge on any atom is 0.264 e. The van der Waals surface area contributed by atoms with Gasteiger partial charge in [0.25, 0.3) is 10.0 Å². The van der Waals surface area contributed by atoms with Crippen molar-refractivity contribution in [2.24, 2.45) is 0 Å². The van der Waals surface area contributed by atoms with Crippen LogP contribution in [0.2, 0.25) is 5.02 Å². The van der Waals surface area contributed by atoms with Gasteiger partial charge in [0.15, 0.2) is 0 Å². The largest absolute Gasteiger partial charge is 0.492 e. The molecule has 0 radical (unpaired) electrons. The quantitative estimate of drug-likeness (QED) is 0.242. The van der Waals surface area contributed by atoms with E-state index in [0.717, 1.165) is 21.9 Å². The maximum atomic E-state index is 14.3. The summed E-state index contributed by atoms with van der Waals surface area (Å²) in [5.41, 5.74) is 2.06. The number of nitrogens with zero attached hydrogens (tertiary/aromatic N) is 2. The van der Waals surface area contributed by atoms with Gasteiger partial charge >= 0.3 is 0 Å². The zero-order valence-corrected chi connectivity index (χ0v) is 26.4.